The molecule has 1 aliphatic heterocycles. The van der Waals surface area contributed by atoms with Gasteiger partial charge in [0.15, 0.2) is 0 Å². The second kappa shape index (κ2) is 6.48. The number of hydrogen-bond donors (Lipinski definition) is 1. The number of carbonyl (C=O) groups is 1. The van der Waals surface area contributed by atoms with Crippen LogP contribution in [0, 0.1) is 10.1 Å². The fourth-order valence-electron chi connectivity index (χ4n) is 3.78. The van der Waals surface area contributed by atoms with Crippen LogP contribution in [0.15, 0.2) is 30.5 Å². The maximum absolute atomic E-state index is 12.4. The van der Waals surface area contributed by atoms with Crippen LogP contribution in [0.3, 0.4) is 0 Å². The van der Waals surface area contributed by atoms with Gasteiger partial charge in [0.25, 0.3) is 5.69 Å². The number of aromatic nitrogens is 1. The highest BCUT2D eigenvalue weighted by Gasteiger charge is 2.32. The third-order valence-corrected chi connectivity index (χ3v) is 5.26. The first-order valence-corrected chi connectivity index (χ1v) is 8.87. The Morgan fingerprint density at radius 1 is 1.20 bits per heavy atom. The van der Waals surface area contributed by atoms with E-state index in [1.807, 2.05) is 6.07 Å². The Balaban J connectivity index is 1.39. The number of likely N-dealkylation sites (tertiary alicyclic amines) is 1. The van der Waals surface area contributed by atoms with E-state index in [2.05, 4.69) is 10.2 Å². The molecular weight excluding hydrogens is 320 g/mol. The molecule has 0 unspecified atom stereocenters. The fraction of sp³-hybridized carbons (Fsp3) is 0.500. The van der Waals surface area contributed by atoms with E-state index in [9.17, 15) is 14.9 Å². The number of rotatable bonds is 5. The van der Waals surface area contributed by atoms with Crippen LogP contribution in [0.1, 0.15) is 25.7 Å². The molecule has 0 bridgehead atoms. The highest BCUT2D eigenvalue weighted by molar-refractivity contribution is 5.90. The van der Waals surface area contributed by atoms with Crippen molar-refractivity contribution in [2.75, 3.05) is 13.1 Å². The van der Waals surface area contributed by atoms with Crippen molar-refractivity contribution in [1.82, 2.24) is 14.8 Å². The molecule has 1 aromatic carbocycles. The molecule has 4 rings (SSSR count). The van der Waals surface area contributed by atoms with Gasteiger partial charge in [-0.15, -0.1) is 0 Å². The Bertz CT molecular complexity index is 804. The molecule has 1 aliphatic carbocycles. The summed E-state index contributed by atoms with van der Waals surface area (Å²) < 4.78 is 1.77. The van der Waals surface area contributed by atoms with Crippen LogP contribution in [-0.2, 0) is 11.3 Å². The first-order valence-electron chi connectivity index (χ1n) is 8.87. The second-order valence-corrected chi connectivity index (χ2v) is 7.02. The van der Waals surface area contributed by atoms with E-state index in [4.69, 9.17) is 0 Å². The molecular formula is C18H22N4O3. The number of carbonyl (C=O) groups excluding carboxylic acids is 1. The average molecular weight is 342 g/mol. The van der Waals surface area contributed by atoms with E-state index in [-0.39, 0.29) is 29.1 Å². The molecule has 1 amide bonds. The van der Waals surface area contributed by atoms with Crippen LogP contribution in [-0.4, -0.2) is 45.5 Å². The Hall–Kier alpha value is -2.41. The van der Waals surface area contributed by atoms with Gasteiger partial charge in [-0.25, -0.2) is 0 Å². The zero-order chi connectivity index (χ0) is 17.4. The summed E-state index contributed by atoms with van der Waals surface area (Å²) in [5.41, 5.74) is 0.789. The van der Waals surface area contributed by atoms with Gasteiger partial charge in [0.1, 0.15) is 6.54 Å². The minimum absolute atomic E-state index is 0.0334. The Kier molecular flexibility index (Phi) is 4.17. The van der Waals surface area contributed by atoms with E-state index >= 15 is 0 Å². The van der Waals surface area contributed by atoms with Crippen molar-refractivity contribution in [2.45, 2.75) is 44.3 Å². The first-order chi connectivity index (χ1) is 12.1. The van der Waals surface area contributed by atoms with Crippen molar-refractivity contribution < 1.29 is 9.72 Å². The minimum atomic E-state index is -0.389. The number of hydrogen-bond acceptors (Lipinski definition) is 4. The topological polar surface area (TPSA) is 80.4 Å². The van der Waals surface area contributed by atoms with Crippen LogP contribution in [0.4, 0.5) is 5.69 Å². The molecule has 0 atom stereocenters. The van der Waals surface area contributed by atoms with Gasteiger partial charge in [0, 0.05) is 37.4 Å². The number of nitro benzene ring substituents is 1. The number of nitrogens with one attached hydrogen (secondary N) is 1. The summed E-state index contributed by atoms with van der Waals surface area (Å²) >= 11 is 0. The van der Waals surface area contributed by atoms with Crippen LogP contribution in [0.25, 0.3) is 10.9 Å². The van der Waals surface area contributed by atoms with Gasteiger partial charge in [-0.2, -0.15) is 0 Å². The molecule has 132 valence electrons. The molecule has 1 N–H and O–H groups in total. The van der Waals surface area contributed by atoms with Gasteiger partial charge < -0.3 is 14.8 Å². The largest absolute Gasteiger partial charge is 0.352 e. The van der Waals surface area contributed by atoms with E-state index in [0.29, 0.717) is 10.9 Å². The normalized spacial score (nSPS) is 19.2. The molecule has 1 saturated heterocycles. The molecule has 25 heavy (non-hydrogen) atoms. The molecule has 1 aromatic heterocycles. The number of nitrogens with zero attached hydrogens (tertiary/aromatic N) is 3. The number of benzene rings is 1. The smallest absolute Gasteiger partial charge is 0.278 e. The predicted octanol–water partition coefficient (Wildman–Crippen LogP) is 2.29. The van der Waals surface area contributed by atoms with Gasteiger partial charge in [-0.05, 0) is 37.8 Å². The lowest BCUT2D eigenvalue weighted by Crippen LogP contribution is -2.46. The van der Waals surface area contributed by atoms with Crippen molar-refractivity contribution in [1.29, 1.82) is 0 Å². The zero-order valence-corrected chi connectivity index (χ0v) is 14.1. The number of non-ortho nitro benzene ring substituents is 1. The van der Waals surface area contributed by atoms with Crippen molar-refractivity contribution in [3.05, 3.63) is 40.6 Å². The van der Waals surface area contributed by atoms with E-state index in [1.165, 1.54) is 18.9 Å². The summed E-state index contributed by atoms with van der Waals surface area (Å²) in [4.78, 5) is 25.6. The average Bonchev–Trinajstić information content (AvgIpc) is 3.37. The first kappa shape index (κ1) is 16.1. The van der Waals surface area contributed by atoms with Crippen molar-refractivity contribution in [2.24, 2.45) is 0 Å². The Morgan fingerprint density at radius 2 is 1.96 bits per heavy atom. The number of fused-ring (bicyclic) bond motifs is 1. The van der Waals surface area contributed by atoms with E-state index in [0.717, 1.165) is 32.0 Å². The Labute approximate surface area is 145 Å². The SMILES string of the molecule is O=C(Cn1ccc2c([N+](=O)[O-])cccc21)NC1CCN(C2CC2)CC1. The molecule has 2 heterocycles. The summed E-state index contributed by atoms with van der Waals surface area (Å²) in [5.74, 6) is -0.0334. The zero-order valence-electron chi connectivity index (χ0n) is 14.1. The van der Waals surface area contributed by atoms with Crippen LogP contribution >= 0.6 is 0 Å². The van der Waals surface area contributed by atoms with Crippen LogP contribution < -0.4 is 5.32 Å². The number of nitro groups is 1. The molecule has 2 aromatic rings. The summed E-state index contributed by atoms with van der Waals surface area (Å²) in [7, 11) is 0. The lowest BCUT2D eigenvalue weighted by atomic mass is 10.0. The third-order valence-electron chi connectivity index (χ3n) is 5.26. The standard InChI is InChI=1S/C18H22N4O3/c23-18(19-13-6-9-20(10-7-13)14-4-5-14)12-21-11-8-15-16(21)2-1-3-17(15)22(24)25/h1-3,8,11,13-14H,4-7,9-10,12H2,(H,19,23). The van der Waals surface area contributed by atoms with Gasteiger partial charge >= 0.3 is 0 Å². The van der Waals surface area contributed by atoms with E-state index < -0.39 is 0 Å². The summed E-state index contributed by atoms with van der Waals surface area (Å²) in [6, 6.07) is 7.68. The number of piperidine rings is 1. The summed E-state index contributed by atoms with van der Waals surface area (Å²) in [6.45, 7) is 2.32. The summed E-state index contributed by atoms with van der Waals surface area (Å²) in [6.07, 6.45) is 6.39. The van der Waals surface area contributed by atoms with Gasteiger partial charge in [-0.1, -0.05) is 6.07 Å². The molecule has 0 spiro atoms. The lowest BCUT2D eigenvalue weighted by molar-refractivity contribution is -0.383. The fourth-order valence-corrected chi connectivity index (χ4v) is 3.78. The second-order valence-electron chi connectivity index (χ2n) is 7.02. The van der Waals surface area contributed by atoms with Gasteiger partial charge in [0.05, 0.1) is 15.8 Å². The molecule has 2 aliphatic rings. The molecule has 0 radical (unpaired) electrons. The highest BCUT2D eigenvalue weighted by Crippen LogP contribution is 2.29. The molecule has 1 saturated carbocycles. The monoisotopic (exact) mass is 342 g/mol. The lowest BCUT2D eigenvalue weighted by Gasteiger charge is -2.32. The minimum Gasteiger partial charge on any atom is -0.352 e. The molecule has 7 heteroatoms. The number of amides is 1. The van der Waals surface area contributed by atoms with Gasteiger partial charge in [0.2, 0.25) is 5.91 Å². The maximum atomic E-state index is 12.4. The van der Waals surface area contributed by atoms with Crippen LogP contribution in [0.2, 0.25) is 0 Å². The van der Waals surface area contributed by atoms with Crippen molar-refractivity contribution in [3.63, 3.8) is 0 Å². The molecule has 2 fully saturated rings. The maximum Gasteiger partial charge on any atom is 0.278 e. The van der Waals surface area contributed by atoms with Crippen molar-refractivity contribution >= 4 is 22.5 Å². The quantitative estimate of drug-likeness (QED) is 0.668. The Morgan fingerprint density at radius 3 is 2.64 bits per heavy atom. The summed E-state index contributed by atoms with van der Waals surface area (Å²) in [5, 5.41) is 14.8. The highest BCUT2D eigenvalue weighted by atomic mass is 16.6. The molecule has 7 nitrogen and oxygen atoms in total. The third kappa shape index (κ3) is 3.37. The van der Waals surface area contributed by atoms with E-state index in [1.54, 1.807) is 22.9 Å². The van der Waals surface area contributed by atoms with Gasteiger partial charge in [-0.3, -0.25) is 14.9 Å². The van der Waals surface area contributed by atoms with Crippen LogP contribution in [0.5, 0.6) is 0 Å². The predicted molar refractivity (Wildman–Crippen MR) is 94.4 cm³/mol. The van der Waals surface area contributed by atoms with Crippen molar-refractivity contribution in [3.8, 4) is 0 Å².